The molecule has 0 bridgehead atoms. The standard InChI is InChI=1S/C25H33N3O/c1-26(2)25(29)22-12-6-11-21(17-22)19-28-16-8-14-24(28)23-13-7-15-27(23)18-20-9-4-3-5-10-20/h3-6,9-12,17,23-24H,7-8,13-16,18-19H2,1-2H3. The third kappa shape index (κ3) is 4.71. The van der Waals surface area contributed by atoms with E-state index in [4.69, 9.17) is 0 Å². The molecule has 2 heterocycles. The summed E-state index contributed by atoms with van der Waals surface area (Å²) in [5, 5.41) is 0. The molecule has 0 N–H and O–H groups in total. The molecule has 2 aliphatic rings. The number of carbonyl (C=O) groups excluding carboxylic acids is 1. The van der Waals surface area contributed by atoms with Crippen molar-refractivity contribution < 1.29 is 4.79 Å². The first kappa shape index (κ1) is 20.1. The van der Waals surface area contributed by atoms with Gasteiger partial charge in [-0.1, -0.05) is 42.5 Å². The molecule has 0 aromatic heterocycles. The van der Waals surface area contributed by atoms with E-state index in [1.807, 2.05) is 26.2 Å². The lowest BCUT2D eigenvalue weighted by Crippen LogP contribution is -2.45. The van der Waals surface area contributed by atoms with Gasteiger partial charge in [0.1, 0.15) is 0 Å². The smallest absolute Gasteiger partial charge is 0.253 e. The number of hydrogen-bond acceptors (Lipinski definition) is 3. The zero-order valence-corrected chi connectivity index (χ0v) is 17.8. The molecule has 4 rings (SSSR count). The summed E-state index contributed by atoms with van der Waals surface area (Å²) in [4.78, 5) is 19.3. The second-order valence-electron chi connectivity index (χ2n) is 8.75. The van der Waals surface area contributed by atoms with Crippen molar-refractivity contribution in [3.63, 3.8) is 0 Å². The summed E-state index contributed by atoms with van der Waals surface area (Å²) >= 11 is 0. The molecule has 2 aliphatic heterocycles. The Kier molecular flexibility index (Phi) is 6.31. The van der Waals surface area contributed by atoms with Gasteiger partial charge < -0.3 is 4.90 Å². The van der Waals surface area contributed by atoms with E-state index < -0.39 is 0 Å². The average Bonchev–Trinajstić information content (AvgIpc) is 3.37. The molecule has 0 aliphatic carbocycles. The predicted octanol–water partition coefficient (Wildman–Crippen LogP) is 4.02. The second kappa shape index (κ2) is 9.10. The maximum atomic E-state index is 12.3. The van der Waals surface area contributed by atoms with Crippen LogP contribution < -0.4 is 0 Å². The van der Waals surface area contributed by atoms with Crippen LogP contribution in [0.15, 0.2) is 54.6 Å². The van der Waals surface area contributed by atoms with Gasteiger partial charge >= 0.3 is 0 Å². The summed E-state index contributed by atoms with van der Waals surface area (Å²) in [6.07, 6.45) is 5.16. The molecule has 2 fully saturated rings. The van der Waals surface area contributed by atoms with Gasteiger partial charge in [-0.2, -0.15) is 0 Å². The van der Waals surface area contributed by atoms with Crippen molar-refractivity contribution in [3.8, 4) is 0 Å². The van der Waals surface area contributed by atoms with Crippen molar-refractivity contribution in [1.82, 2.24) is 14.7 Å². The zero-order chi connectivity index (χ0) is 20.2. The topological polar surface area (TPSA) is 26.8 Å². The highest BCUT2D eigenvalue weighted by Gasteiger charge is 2.37. The van der Waals surface area contributed by atoms with Gasteiger partial charge in [-0.25, -0.2) is 0 Å². The van der Waals surface area contributed by atoms with Crippen LogP contribution in [0.4, 0.5) is 0 Å². The van der Waals surface area contributed by atoms with E-state index in [1.54, 1.807) is 4.90 Å². The van der Waals surface area contributed by atoms with Crippen LogP contribution in [-0.2, 0) is 13.1 Å². The fraction of sp³-hybridized carbons (Fsp3) is 0.480. The molecule has 2 atom stereocenters. The van der Waals surface area contributed by atoms with Crippen molar-refractivity contribution in [2.45, 2.75) is 50.9 Å². The van der Waals surface area contributed by atoms with E-state index in [0.717, 1.165) is 25.2 Å². The van der Waals surface area contributed by atoms with E-state index in [1.165, 1.54) is 43.4 Å². The Labute approximate surface area is 175 Å². The Hall–Kier alpha value is -2.17. The van der Waals surface area contributed by atoms with E-state index in [0.29, 0.717) is 12.1 Å². The highest BCUT2D eigenvalue weighted by atomic mass is 16.2. The van der Waals surface area contributed by atoms with E-state index in [-0.39, 0.29) is 5.91 Å². The molecule has 29 heavy (non-hydrogen) atoms. The maximum absolute atomic E-state index is 12.3. The molecule has 0 radical (unpaired) electrons. The lowest BCUT2D eigenvalue weighted by atomic mass is 10.0. The summed E-state index contributed by atoms with van der Waals surface area (Å²) < 4.78 is 0. The third-order valence-corrected chi connectivity index (χ3v) is 6.47. The Morgan fingerprint density at radius 2 is 1.45 bits per heavy atom. The average molecular weight is 392 g/mol. The van der Waals surface area contributed by atoms with Crippen LogP contribution in [0, 0.1) is 0 Å². The van der Waals surface area contributed by atoms with E-state index in [2.05, 4.69) is 52.3 Å². The Bertz CT molecular complexity index is 820. The van der Waals surface area contributed by atoms with Crippen molar-refractivity contribution in [2.75, 3.05) is 27.2 Å². The maximum Gasteiger partial charge on any atom is 0.253 e. The molecular weight excluding hydrogens is 358 g/mol. The second-order valence-corrected chi connectivity index (χ2v) is 8.75. The number of carbonyl (C=O) groups is 1. The molecule has 2 aromatic rings. The van der Waals surface area contributed by atoms with Crippen LogP contribution >= 0.6 is 0 Å². The number of rotatable bonds is 6. The molecule has 0 spiro atoms. The minimum atomic E-state index is 0.0784. The first-order valence-electron chi connectivity index (χ1n) is 10.9. The zero-order valence-electron chi connectivity index (χ0n) is 17.8. The molecular formula is C25H33N3O. The van der Waals surface area contributed by atoms with Crippen molar-refractivity contribution in [3.05, 3.63) is 71.3 Å². The van der Waals surface area contributed by atoms with Crippen molar-refractivity contribution in [2.24, 2.45) is 0 Å². The normalized spacial score (nSPS) is 22.8. The van der Waals surface area contributed by atoms with E-state index in [9.17, 15) is 4.79 Å². The summed E-state index contributed by atoms with van der Waals surface area (Å²) in [5.74, 6) is 0.0784. The summed E-state index contributed by atoms with van der Waals surface area (Å²) in [5.41, 5.74) is 3.45. The Morgan fingerprint density at radius 3 is 2.07 bits per heavy atom. The lowest BCUT2D eigenvalue weighted by Gasteiger charge is -2.35. The molecule has 1 amide bonds. The van der Waals surface area contributed by atoms with Gasteiger partial charge in [0.25, 0.3) is 5.91 Å². The van der Waals surface area contributed by atoms with Crippen LogP contribution in [0.1, 0.15) is 47.2 Å². The fourth-order valence-electron chi connectivity index (χ4n) is 5.08. The third-order valence-electron chi connectivity index (χ3n) is 6.47. The fourth-order valence-corrected chi connectivity index (χ4v) is 5.08. The SMILES string of the molecule is CN(C)C(=O)c1cccc(CN2CCCC2C2CCCN2Cc2ccccc2)c1. The predicted molar refractivity (Wildman–Crippen MR) is 118 cm³/mol. The summed E-state index contributed by atoms with van der Waals surface area (Å²) in [6.45, 7) is 4.36. The molecule has 0 saturated carbocycles. The van der Waals surface area contributed by atoms with Gasteiger partial charge in [0.2, 0.25) is 0 Å². The van der Waals surface area contributed by atoms with Crippen molar-refractivity contribution in [1.29, 1.82) is 0 Å². The monoisotopic (exact) mass is 391 g/mol. The minimum absolute atomic E-state index is 0.0784. The minimum Gasteiger partial charge on any atom is -0.345 e. The highest BCUT2D eigenvalue weighted by molar-refractivity contribution is 5.94. The first-order chi connectivity index (χ1) is 14.1. The summed E-state index contributed by atoms with van der Waals surface area (Å²) in [6, 6.07) is 20.3. The van der Waals surface area contributed by atoms with Crippen molar-refractivity contribution >= 4 is 5.91 Å². The molecule has 154 valence electrons. The molecule has 2 saturated heterocycles. The van der Waals surface area contributed by atoms with Gasteiger partial charge in [0.15, 0.2) is 0 Å². The van der Waals surface area contributed by atoms with Crippen LogP contribution in [0.3, 0.4) is 0 Å². The number of amides is 1. The Balaban J connectivity index is 1.45. The van der Waals surface area contributed by atoms with Gasteiger partial charge in [-0.05, 0) is 62.0 Å². The first-order valence-corrected chi connectivity index (χ1v) is 10.9. The molecule has 4 heteroatoms. The lowest BCUT2D eigenvalue weighted by molar-refractivity contribution is 0.0827. The van der Waals surface area contributed by atoms with Crippen LogP contribution in [0.25, 0.3) is 0 Å². The number of likely N-dealkylation sites (tertiary alicyclic amines) is 2. The van der Waals surface area contributed by atoms with E-state index >= 15 is 0 Å². The molecule has 4 nitrogen and oxygen atoms in total. The van der Waals surface area contributed by atoms with Crippen LogP contribution in [-0.4, -0.2) is 59.9 Å². The Morgan fingerprint density at radius 1 is 0.862 bits per heavy atom. The van der Waals surface area contributed by atoms with Gasteiger partial charge in [0, 0.05) is 44.8 Å². The van der Waals surface area contributed by atoms with Gasteiger partial charge in [-0.3, -0.25) is 14.6 Å². The molecule has 2 aromatic carbocycles. The quantitative estimate of drug-likeness (QED) is 0.744. The number of hydrogen-bond donors (Lipinski definition) is 0. The highest BCUT2D eigenvalue weighted by Crippen LogP contribution is 2.32. The van der Waals surface area contributed by atoms with Gasteiger partial charge in [0.05, 0.1) is 0 Å². The summed E-state index contributed by atoms with van der Waals surface area (Å²) in [7, 11) is 3.62. The number of benzene rings is 2. The van der Waals surface area contributed by atoms with Gasteiger partial charge in [-0.15, -0.1) is 0 Å². The molecule has 2 unspecified atom stereocenters. The van der Waals surface area contributed by atoms with Crippen LogP contribution in [0.5, 0.6) is 0 Å². The van der Waals surface area contributed by atoms with Crippen LogP contribution in [0.2, 0.25) is 0 Å². The number of nitrogens with zero attached hydrogens (tertiary/aromatic N) is 3. The largest absolute Gasteiger partial charge is 0.345 e.